The highest BCUT2D eigenvalue weighted by Gasteiger charge is 2.03. The second kappa shape index (κ2) is 6.08. The second-order valence-corrected chi connectivity index (χ2v) is 4.83. The van der Waals surface area contributed by atoms with Gasteiger partial charge in [0.2, 0.25) is 0 Å². The van der Waals surface area contributed by atoms with Crippen molar-refractivity contribution in [2.75, 3.05) is 11.9 Å². The van der Waals surface area contributed by atoms with Crippen molar-refractivity contribution in [3.63, 3.8) is 0 Å². The predicted octanol–water partition coefficient (Wildman–Crippen LogP) is 3.63. The first-order valence-corrected chi connectivity index (χ1v) is 6.59. The average Bonchev–Trinajstić information content (AvgIpc) is 2.86. The van der Waals surface area contributed by atoms with Crippen molar-refractivity contribution >= 4 is 17.0 Å². The molecular weight excluding hydrogens is 244 g/mol. The molecule has 0 atom stereocenters. The fourth-order valence-corrected chi connectivity index (χ4v) is 2.35. The molecule has 0 bridgehead atoms. The number of rotatable bonds is 5. The van der Waals surface area contributed by atoms with Crippen molar-refractivity contribution in [1.29, 1.82) is 5.26 Å². The number of nitrogens with one attached hydrogen (secondary N) is 1. The molecule has 18 heavy (non-hydrogen) atoms. The van der Waals surface area contributed by atoms with E-state index in [9.17, 15) is 0 Å². The fourth-order valence-electron chi connectivity index (χ4n) is 1.61. The Morgan fingerprint density at radius 3 is 2.83 bits per heavy atom. The first-order valence-electron chi connectivity index (χ1n) is 5.78. The molecule has 1 heterocycles. The summed E-state index contributed by atoms with van der Waals surface area (Å²) in [5.41, 5.74) is 0.978. The summed E-state index contributed by atoms with van der Waals surface area (Å²) in [6.07, 6.45) is 0. The molecule has 0 aliphatic carbocycles. The van der Waals surface area contributed by atoms with Crippen LogP contribution in [0.4, 0.5) is 5.69 Å². The van der Waals surface area contributed by atoms with Crippen molar-refractivity contribution in [1.82, 2.24) is 0 Å². The van der Waals surface area contributed by atoms with Crippen molar-refractivity contribution in [3.05, 3.63) is 46.2 Å². The third-order valence-electron chi connectivity index (χ3n) is 2.41. The molecule has 4 heteroatoms. The van der Waals surface area contributed by atoms with Crippen LogP contribution in [-0.4, -0.2) is 6.61 Å². The van der Waals surface area contributed by atoms with Gasteiger partial charge in [0.25, 0.3) is 0 Å². The van der Waals surface area contributed by atoms with E-state index in [0.29, 0.717) is 13.2 Å². The number of anilines is 1. The van der Waals surface area contributed by atoms with Gasteiger partial charge < -0.3 is 10.1 Å². The van der Waals surface area contributed by atoms with Crippen LogP contribution in [0, 0.1) is 11.3 Å². The van der Waals surface area contributed by atoms with E-state index < -0.39 is 0 Å². The Bertz CT molecular complexity index is 557. The first kappa shape index (κ1) is 12.5. The lowest BCUT2D eigenvalue weighted by Gasteiger charge is -2.11. The van der Waals surface area contributed by atoms with Crippen LogP contribution in [0.3, 0.4) is 0 Å². The minimum Gasteiger partial charge on any atom is -0.492 e. The third-order valence-corrected chi connectivity index (χ3v) is 3.40. The lowest BCUT2D eigenvalue weighted by molar-refractivity contribution is 0.341. The standard InChI is InChI=1S/C14H14N2OS/c1-2-17-14-6-4-3-5-13(14)16-10-12-8-7-11(9-15)18-12/h3-8,16H,2,10H2,1H3. The van der Waals surface area contributed by atoms with Crippen molar-refractivity contribution in [3.8, 4) is 11.8 Å². The summed E-state index contributed by atoms with van der Waals surface area (Å²) in [6.45, 7) is 3.32. The van der Waals surface area contributed by atoms with E-state index in [0.717, 1.165) is 21.2 Å². The van der Waals surface area contributed by atoms with E-state index >= 15 is 0 Å². The van der Waals surface area contributed by atoms with Gasteiger partial charge in [0.1, 0.15) is 16.7 Å². The average molecular weight is 258 g/mol. The van der Waals surface area contributed by atoms with Crippen molar-refractivity contribution < 1.29 is 4.74 Å². The van der Waals surface area contributed by atoms with E-state index in [4.69, 9.17) is 10.00 Å². The summed E-state index contributed by atoms with van der Waals surface area (Å²) in [5.74, 6) is 0.858. The van der Waals surface area contributed by atoms with Gasteiger partial charge in [-0.1, -0.05) is 12.1 Å². The number of hydrogen-bond donors (Lipinski definition) is 1. The molecule has 1 N–H and O–H groups in total. The number of nitriles is 1. The van der Waals surface area contributed by atoms with Crippen LogP contribution in [0.25, 0.3) is 0 Å². The quantitative estimate of drug-likeness (QED) is 0.890. The summed E-state index contributed by atoms with van der Waals surface area (Å²) >= 11 is 1.51. The summed E-state index contributed by atoms with van der Waals surface area (Å²) in [4.78, 5) is 1.88. The maximum absolute atomic E-state index is 8.77. The van der Waals surface area contributed by atoms with E-state index in [-0.39, 0.29) is 0 Å². The molecule has 2 rings (SSSR count). The lowest BCUT2D eigenvalue weighted by atomic mass is 10.3. The third kappa shape index (κ3) is 3.02. The van der Waals surface area contributed by atoms with E-state index in [2.05, 4.69) is 11.4 Å². The molecule has 0 amide bonds. The number of para-hydroxylation sites is 2. The lowest BCUT2D eigenvalue weighted by Crippen LogP contribution is -2.01. The van der Waals surface area contributed by atoms with Gasteiger partial charge in [-0.25, -0.2) is 0 Å². The van der Waals surface area contributed by atoms with Gasteiger partial charge in [-0.3, -0.25) is 0 Å². The first-order chi connectivity index (χ1) is 8.83. The fraction of sp³-hybridized carbons (Fsp3) is 0.214. The van der Waals surface area contributed by atoms with Gasteiger partial charge in [-0.2, -0.15) is 5.26 Å². The summed E-state index contributed by atoms with van der Waals surface area (Å²) in [7, 11) is 0. The minimum atomic E-state index is 0.649. The van der Waals surface area contributed by atoms with Gasteiger partial charge in [-0.05, 0) is 31.2 Å². The zero-order valence-electron chi connectivity index (χ0n) is 10.1. The zero-order valence-corrected chi connectivity index (χ0v) is 11.0. The largest absolute Gasteiger partial charge is 0.492 e. The number of ether oxygens (including phenoxy) is 1. The molecule has 0 spiro atoms. The van der Waals surface area contributed by atoms with Gasteiger partial charge in [0.05, 0.1) is 12.3 Å². The number of nitrogens with zero attached hydrogens (tertiary/aromatic N) is 1. The second-order valence-electron chi connectivity index (χ2n) is 3.66. The molecule has 2 aromatic rings. The Labute approximate surface area is 111 Å². The van der Waals surface area contributed by atoms with Crippen LogP contribution in [0.2, 0.25) is 0 Å². The Balaban J connectivity index is 2.03. The topological polar surface area (TPSA) is 45.0 Å². The van der Waals surface area contributed by atoms with Crippen molar-refractivity contribution in [2.24, 2.45) is 0 Å². The van der Waals surface area contributed by atoms with Crippen LogP contribution in [0.15, 0.2) is 36.4 Å². The van der Waals surface area contributed by atoms with Crippen LogP contribution in [0.5, 0.6) is 5.75 Å². The molecule has 0 aliphatic rings. The molecule has 0 aliphatic heterocycles. The molecular formula is C14H14N2OS. The summed E-state index contributed by atoms with van der Waals surface area (Å²) in [5, 5.41) is 12.1. The van der Waals surface area contributed by atoms with E-state index in [1.807, 2.05) is 43.3 Å². The molecule has 0 saturated carbocycles. The number of hydrogen-bond acceptors (Lipinski definition) is 4. The Morgan fingerprint density at radius 1 is 1.28 bits per heavy atom. The number of thiophene rings is 1. The van der Waals surface area contributed by atoms with Crippen molar-refractivity contribution in [2.45, 2.75) is 13.5 Å². The van der Waals surface area contributed by atoms with Gasteiger partial charge in [0.15, 0.2) is 0 Å². The summed E-state index contributed by atoms with van der Waals surface area (Å²) < 4.78 is 5.54. The zero-order chi connectivity index (χ0) is 12.8. The van der Waals surface area contributed by atoms with Gasteiger partial charge >= 0.3 is 0 Å². The van der Waals surface area contributed by atoms with E-state index in [1.165, 1.54) is 11.3 Å². The Kier molecular flexibility index (Phi) is 4.21. The highest BCUT2D eigenvalue weighted by atomic mass is 32.1. The molecule has 3 nitrogen and oxygen atoms in total. The predicted molar refractivity (Wildman–Crippen MR) is 74.0 cm³/mol. The Morgan fingerprint density at radius 2 is 2.11 bits per heavy atom. The molecule has 1 aromatic heterocycles. The highest BCUT2D eigenvalue weighted by Crippen LogP contribution is 2.25. The van der Waals surface area contributed by atoms with Gasteiger partial charge in [0, 0.05) is 11.4 Å². The highest BCUT2D eigenvalue weighted by molar-refractivity contribution is 7.12. The summed E-state index contributed by atoms with van der Waals surface area (Å²) in [6, 6.07) is 13.8. The normalized spacial score (nSPS) is 9.78. The molecule has 0 fully saturated rings. The van der Waals surface area contributed by atoms with Crippen LogP contribution < -0.4 is 10.1 Å². The molecule has 92 valence electrons. The maximum Gasteiger partial charge on any atom is 0.142 e. The Hall–Kier alpha value is -1.99. The van der Waals surface area contributed by atoms with E-state index in [1.54, 1.807) is 0 Å². The number of benzene rings is 1. The van der Waals surface area contributed by atoms with Crippen LogP contribution in [0.1, 0.15) is 16.7 Å². The smallest absolute Gasteiger partial charge is 0.142 e. The van der Waals surface area contributed by atoms with Crippen LogP contribution >= 0.6 is 11.3 Å². The minimum absolute atomic E-state index is 0.649. The molecule has 0 unspecified atom stereocenters. The molecule has 1 aromatic carbocycles. The SMILES string of the molecule is CCOc1ccccc1NCc1ccc(C#N)s1. The molecule has 0 saturated heterocycles. The van der Waals surface area contributed by atoms with Crippen LogP contribution in [-0.2, 0) is 6.54 Å². The molecule has 0 radical (unpaired) electrons. The van der Waals surface area contributed by atoms with Gasteiger partial charge in [-0.15, -0.1) is 11.3 Å². The maximum atomic E-state index is 8.77. The monoisotopic (exact) mass is 258 g/mol.